The lowest BCUT2D eigenvalue weighted by Crippen LogP contribution is -2.12. The molecule has 0 amide bonds. The highest BCUT2D eigenvalue weighted by molar-refractivity contribution is 5.16. The molecule has 0 aliphatic heterocycles. The summed E-state index contributed by atoms with van der Waals surface area (Å²) in [5, 5.41) is 0. The third kappa shape index (κ3) is 2.94. The molecule has 1 rings (SSSR count). The van der Waals surface area contributed by atoms with E-state index in [2.05, 4.69) is 4.98 Å². The second-order valence-corrected chi connectivity index (χ2v) is 3.98. The van der Waals surface area contributed by atoms with E-state index in [1.807, 2.05) is 20.8 Å². The number of nitrogens with zero attached hydrogens (tertiary/aromatic N) is 1. The van der Waals surface area contributed by atoms with Crippen molar-refractivity contribution in [3.63, 3.8) is 0 Å². The highest BCUT2D eigenvalue weighted by Crippen LogP contribution is 2.29. The number of alkyl halides is 3. The van der Waals surface area contributed by atoms with Crippen LogP contribution >= 0.6 is 0 Å². The summed E-state index contributed by atoms with van der Waals surface area (Å²) in [5.41, 5.74) is -0.313. The van der Waals surface area contributed by atoms with Gasteiger partial charge < -0.3 is 0 Å². The van der Waals surface area contributed by atoms with E-state index in [9.17, 15) is 13.2 Å². The minimum atomic E-state index is -4.35. The topological polar surface area (TPSA) is 12.9 Å². The van der Waals surface area contributed by atoms with Crippen molar-refractivity contribution >= 4 is 0 Å². The van der Waals surface area contributed by atoms with Crippen LogP contribution in [0.2, 0.25) is 0 Å². The van der Waals surface area contributed by atoms with Crippen LogP contribution in [0.25, 0.3) is 0 Å². The molecule has 84 valence electrons. The molecule has 0 saturated heterocycles. The number of pyridine rings is 1. The van der Waals surface area contributed by atoms with Gasteiger partial charge in [-0.1, -0.05) is 26.8 Å². The summed E-state index contributed by atoms with van der Waals surface area (Å²) < 4.78 is 37.1. The van der Waals surface area contributed by atoms with Crippen molar-refractivity contribution in [2.45, 2.75) is 32.9 Å². The largest absolute Gasteiger partial charge is 0.433 e. The Labute approximate surface area is 87.3 Å². The van der Waals surface area contributed by atoms with Crippen molar-refractivity contribution in [2.24, 2.45) is 5.92 Å². The highest BCUT2D eigenvalue weighted by atomic mass is 19.4. The van der Waals surface area contributed by atoms with Gasteiger partial charge >= 0.3 is 6.18 Å². The second kappa shape index (κ2) is 4.21. The van der Waals surface area contributed by atoms with Crippen molar-refractivity contribution in [1.82, 2.24) is 4.98 Å². The molecule has 1 aromatic rings. The maximum absolute atomic E-state index is 12.4. The Kier molecular flexibility index (Phi) is 3.37. The Morgan fingerprint density at radius 3 is 2.20 bits per heavy atom. The first-order chi connectivity index (χ1) is 6.82. The Bertz CT molecular complexity index is 331. The Balaban J connectivity index is 3.03. The summed E-state index contributed by atoms with van der Waals surface area (Å²) in [4.78, 5) is 3.64. The molecule has 0 radical (unpaired) electrons. The molecule has 0 fully saturated rings. The summed E-state index contributed by atoms with van der Waals surface area (Å²) in [7, 11) is 0. The van der Waals surface area contributed by atoms with Crippen LogP contribution in [0, 0.1) is 5.92 Å². The van der Waals surface area contributed by atoms with E-state index >= 15 is 0 Å². The van der Waals surface area contributed by atoms with Crippen LogP contribution in [0.3, 0.4) is 0 Å². The molecule has 0 saturated carbocycles. The van der Waals surface area contributed by atoms with E-state index in [0.29, 0.717) is 5.69 Å². The summed E-state index contributed by atoms with van der Waals surface area (Å²) in [6.07, 6.45) is -4.35. The monoisotopic (exact) mass is 217 g/mol. The zero-order chi connectivity index (χ0) is 11.6. The average Bonchev–Trinajstić information content (AvgIpc) is 2.15. The van der Waals surface area contributed by atoms with Crippen molar-refractivity contribution < 1.29 is 13.2 Å². The maximum Gasteiger partial charge on any atom is 0.433 e. The van der Waals surface area contributed by atoms with Crippen LogP contribution in [0.4, 0.5) is 13.2 Å². The zero-order valence-electron chi connectivity index (χ0n) is 8.97. The molecule has 0 spiro atoms. The SMILES string of the molecule is CC(C)C(C)c1cccc(C(F)(F)F)n1. The van der Waals surface area contributed by atoms with Gasteiger partial charge in [0, 0.05) is 11.6 Å². The van der Waals surface area contributed by atoms with Gasteiger partial charge in [-0.15, -0.1) is 0 Å². The molecule has 1 nitrogen and oxygen atoms in total. The molecular formula is C11H14F3N. The molecule has 0 aliphatic rings. The molecule has 1 aromatic heterocycles. The maximum atomic E-state index is 12.4. The van der Waals surface area contributed by atoms with E-state index in [1.54, 1.807) is 6.07 Å². The van der Waals surface area contributed by atoms with E-state index in [1.165, 1.54) is 6.07 Å². The van der Waals surface area contributed by atoms with Crippen LogP contribution in [0.5, 0.6) is 0 Å². The van der Waals surface area contributed by atoms with Crippen LogP contribution in [0.15, 0.2) is 18.2 Å². The van der Waals surface area contributed by atoms with Gasteiger partial charge in [0.05, 0.1) is 0 Å². The lowest BCUT2D eigenvalue weighted by atomic mass is 9.94. The van der Waals surface area contributed by atoms with Gasteiger partial charge in [-0.3, -0.25) is 0 Å². The van der Waals surface area contributed by atoms with E-state index in [4.69, 9.17) is 0 Å². The van der Waals surface area contributed by atoms with Gasteiger partial charge in [0.2, 0.25) is 0 Å². The van der Waals surface area contributed by atoms with Crippen molar-refractivity contribution in [1.29, 1.82) is 0 Å². The minimum absolute atomic E-state index is 0.0345. The van der Waals surface area contributed by atoms with Gasteiger partial charge in [0.25, 0.3) is 0 Å². The van der Waals surface area contributed by atoms with Crippen LogP contribution in [0.1, 0.15) is 38.1 Å². The van der Waals surface area contributed by atoms with Crippen LogP contribution in [-0.4, -0.2) is 4.98 Å². The third-order valence-corrected chi connectivity index (χ3v) is 2.53. The minimum Gasteiger partial charge on any atom is -0.248 e. The third-order valence-electron chi connectivity index (χ3n) is 2.53. The summed E-state index contributed by atoms with van der Waals surface area (Å²) in [5.74, 6) is 0.313. The quantitative estimate of drug-likeness (QED) is 0.733. The van der Waals surface area contributed by atoms with E-state index < -0.39 is 11.9 Å². The number of hydrogen-bond acceptors (Lipinski definition) is 1. The van der Waals surface area contributed by atoms with Gasteiger partial charge in [-0.05, 0) is 18.1 Å². The molecule has 0 bridgehead atoms. The van der Waals surface area contributed by atoms with Crippen molar-refractivity contribution in [3.8, 4) is 0 Å². The predicted molar refractivity (Wildman–Crippen MR) is 52.5 cm³/mol. The van der Waals surface area contributed by atoms with Gasteiger partial charge in [0.1, 0.15) is 5.69 Å². The molecule has 1 unspecified atom stereocenters. The smallest absolute Gasteiger partial charge is 0.248 e. The van der Waals surface area contributed by atoms with Crippen LogP contribution in [-0.2, 0) is 6.18 Å². The molecule has 1 heterocycles. The fourth-order valence-electron chi connectivity index (χ4n) is 1.20. The fraction of sp³-hybridized carbons (Fsp3) is 0.545. The molecule has 0 aromatic carbocycles. The van der Waals surface area contributed by atoms with Crippen molar-refractivity contribution in [2.75, 3.05) is 0 Å². The number of halogens is 3. The van der Waals surface area contributed by atoms with E-state index in [-0.39, 0.29) is 11.8 Å². The predicted octanol–water partition coefficient (Wildman–Crippen LogP) is 3.86. The average molecular weight is 217 g/mol. The summed E-state index contributed by atoms with van der Waals surface area (Å²) in [6, 6.07) is 4.04. The normalized spacial score (nSPS) is 14.3. The van der Waals surface area contributed by atoms with Crippen molar-refractivity contribution in [3.05, 3.63) is 29.6 Å². The highest BCUT2D eigenvalue weighted by Gasteiger charge is 2.32. The van der Waals surface area contributed by atoms with Crippen LogP contribution < -0.4 is 0 Å². The second-order valence-electron chi connectivity index (χ2n) is 3.98. The zero-order valence-corrected chi connectivity index (χ0v) is 8.97. The molecule has 15 heavy (non-hydrogen) atoms. The standard InChI is InChI=1S/C11H14F3N/c1-7(2)8(3)9-5-4-6-10(15-9)11(12,13)14/h4-8H,1-3H3. The lowest BCUT2D eigenvalue weighted by Gasteiger charge is -2.16. The molecule has 4 heteroatoms. The first kappa shape index (κ1) is 12.0. The van der Waals surface area contributed by atoms with Gasteiger partial charge in [0.15, 0.2) is 0 Å². The molecule has 0 aliphatic carbocycles. The Morgan fingerprint density at radius 1 is 1.13 bits per heavy atom. The Morgan fingerprint density at radius 2 is 1.73 bits per heavy atom. The van der Waals surface area contributed by atoms with Gasteiger partial charge in [-0.2, -0.15) is 13.2 Å². The number of aromatic nitrogens is 1. The lowest BCUT2D eigenvalue weighted by molar-refractivity contribution is -0.141. The number of rotatable bonds is 2. The Hall–Kier alpha value is -1.06. The first-order valence-corrected chi connectivity index (χ1v) is 4.86. The summed E-state index contributed by atoms with van der Waals surface area (Å²) >= 11 is 0. The van der Waals surface area contributed by atoms with E-state index in [0.717, 1.165) is 6.07 Å². The number of hydrogen-bond donors (Lipinski definition) is 0. The fourth-order valence-corrected chi connectivity index (χ4v) is 1.20. The molecular weight excluding hydrogens is 203 g/mol. The first-order valence-electron chi connectivity index (χ1n) is 4.86. The molecule has 1 atom stereocenters. The van der Waals surface area contributed by atoms with Gasteiger partial charge in [-0.25, -0.2) is 4.98 Å². The summed E-state index contributed by atoms with van der Waals surface area (Å²) in [6.45, 7) is 5.81. The molecule has 0 N–H and O–H groups in total.